The lowest BCUT2D eigenvalue weighted by atomic mass is 10.2. The Kier molecular flexibility index (Phi) is 5.94. The van der Waals surface area contributed by atoms with Gasteiger partial charge in [-0.3, -0.25) is 9.48 Å². The zero-order valence-electron chi connectivity index (χ0n) is 22.4. The number of rotatable bonds is 10. The molecular weight excluding hydrogens is 468 g/mol. The lowest BCUT2D eigenvalue weighted by Crippen LogP contribution is -2.36. The number of nitrogens with zero attached hydrogens (tertiary/aromatic N) is 7. The maximum absolute atomic E-state index is 13.8. The van der Waals surface area contributed by atoms with Crippen LogP contribution in [0.15, 0.2) is 18.5 Å². The third kappa shape index (κ3) is 4.37. The van der Waals surface area contributed by atoms with Gasteiger partial charge in [-0.2, -0.15) is 5.10 Å². The first kappa shape index (κ1) is 24.0. The minimum atomic E-state index is 0.132. The van der Waals surface area contributed by atoms with E-state index in [4.69, 9.17) is 14.8 Å². The van der Waals surface area contributed by atoms with E-state index in [0.717, 1.165) is 53.4 Å². The SMILES string of the molecule is CCn1c(C(=O)N(C2CC2)C2CC2)cc2c3c(ncn3C)c(Nc3cc(C)n(CCOC(C)C)n3)nc21. The highest BCUT2D eigenvalue weighted by molar-refractivity contribution is 6.10. The van der Waals surface area contributed by atoms with Crippen LogP contribution in [-0.4, -0.2) is 64.5 Å². The van der Waals surface area contributed by atoms with E-state index in [1.165, 1.54) is 0 Å². The zero-order chi connectivity index (χ0) is 25.8. The molecule has 10 nitrogen and oxygen atoms in total. The molecule has 2 fully saturated rings. The Morgan fingerprint density at radius 1 is 1.22 bits per heavy atom. The van der Waals surface area contributed by atoms with Crippen molar-refractivity contribution in [3.8, 4) is 0 Å². The lowest BCUT2D eigenvalue weighted by Gasteiger charge is -2.22. The van der Waals surface area contributed by atoms with E-state index >= 15 is 0 Å². The van der Waals surface area contributed by atoms with E-state index in [1.807, 2.05) is 49.2 Å². The van der Waals surface area contributed by atoms with Gasteiger partial charge in [0.25, 0.3) is 5.91 Å². The first-order valence-corrected chi connectivity index (χ1v) is 13.5. The number of fused-ring (bicyclic) bond motifs is 3. The fraction of sp³-hybridized carbons (Fsp3) is 0.556. The molecule has 4 aromatic heterocycles. The van der Waals surface area contributed by atoms with Gasteiger partial charge in [0.1, 0.15) is 16.9 Å². The molecule has 6 rings (SSSR count). The van der Waals surface area contributed by atoms with Crippen molar-refractivity contribution < 1.29 is 9.53 Å². The molecule has 0 spiro atoms. The number of hydrogen-bond donors (Lipinski definition) is 1. The molecule has 0 aromatic carbocycles. The molecule has 2 aliphatic carbocycles. The van der Waals surface area contributed by atoms with Crippen LogP contribution < -0.4 is 5.32 Å². The zero-order valence-corrected chi connectivity index (χ0v) is 22.4. The lowest BCUT2D eigenvalue weighted by molar-refractivity contribution is 0.0705. The highest BCUT2D eigenvalue weighted by atomic mass is 16.5. The number of aryl methyl sites for hydroxylation is 3. The quantitative estimate of drug-likeness (QED) is 0.344. The molecule has 1 amide bonds. The van der Waals surface area contributed by atoms with E-state index in [-0.39, 0.29) is 12.0 Å². The molecule has 4 heterocycles. The molecule has 4 aromatic rings. The fourth-order valence-corrected chi connectivity index (χ4v) is 5.26. The molecule has 2 saturated carbocycles. The summed E-state index contributed by atoms with van der Waals surface area (Å²) in [5.74, 6) is 1.48. The number of pyridine rings is 1. The topological polar surface area (TPSA) is 95.0 Å². The van der Waals surface area contributed by atoms with Gasteiger partial charge >= 0.3 is 0 Å². The van der Waals surface area contributed by atoms with Crippen molar-refractivity contribution in [1.29, 1.82) is 0 Å². The van der Waals surface area contributed by atoms with Crippen LogP contribution in [0.3, 0.4) is 0 Å². The van der Waals surface area contributed by atoms with Crippen LogP contribution in [0.25, 0.3) is 22.1 Å². The summed E-state index contributed by atoms with van der Waals surface area (Å²) in [4.78, 5) is 25.6. The Balaban J connectivity index is 1.39. The van der Waals surface area contributed by atoms with Gasteiger partial charge in [0, 0.05) is 42.8 Å². The van der Waals surface area contributed by atoms with Crippen LogP contribution in [0.1, 0.15) is 62.6 Å². The van der Waals surface area contributed by atoms with Gasteiger partial charge in [-0.1, -0.05) is 0 Å². The van der Waals surface area contributed by atoms with Crippen molar-refractivity contribution >= 4 is 39.6 Å². The third-order valence-electron chi connectivity index (χ3n) is 7.33. The van der Waals surface area contributed by atoms with Gasteiger partial charge in [-0.25, -0.2) is 9.97 Å². The van der Waals surface area contributed by atoms with E-state index in [1.54, 1.807) is 6.33 Å². The minimum Gasteiger partial charge on any atom is -0.377 e. The normalized spacial score (nSPS) is 15.8. The van der Waals surface area contributed by atoms with Crippen molar-refractivity contribution in [1.82, 2.24) is 33.8 Å². The summed E-state index contributed by atoms with van der Waals surface area (Å²) in [6.45, 7) is 10.1. The first-order valence-electron chi connectivity index (χ1n) is 13.5. The summed E-state index contributed by atoms with van der Waals surface area (Å²) >= 11 is 0. The maximum Gasteiger partial charge on any atom is 0.271 e. The second-order valence-electron chi connectivity index (χ2n) is 10.6. The van der Waals surface area contributed by atoms with Crippen molar-refractivity contribution in [2.45, 2.75) is 84.7 Å². The molecule has 0 aliphatic heterocycles. The van der Waals surface area contributed by atoms with Crippen LogP contribution in [0.5, 0.6) is 0 Å². The number of ether oxygens (including phenoxy) is 1. The van der Waals surface area contributed by atoms with Crippen molar-refractivity contribution in [2.24, 2.45) is 7.05 Å². The second-order valence-corrected chi connectivity index (χ2v) is 10.6. The van der Waals surface area contributed by atoms with Crippen molar-refractivity contribution in [3.05, 3.63) is 29.8 Å². The number of hydrogen-bond acceptors (Lipinski definition) is 6. The number of anilines is 2. The van der Waals surface area contributed by atoms with Crippen LogP contribution in [0.2, 0.25) is 0 Å². The van der Waals surface area contributed by atoms with Gasteiger partial charge in [-0.05, 0) is 59.4 Å². The monoisotopic (exact) mass is 504 g/mol. The molecule has 0 radical (unpaired) electrons. The van der Waals surface area contributed by atoms with Crippen LogP contribution in [0.4, 0.5) is 11.6 Å². The molecule has 1 N–H and O–H groups in total. The van der Waals surface area contributed by atoms with E-state index < -0.39 is 0 Å². The fourth-order valence-electron chi connectivity index (χ4n) is 5.26. The average Bonchev–Trinajstić information content (AvgIpc) is 3.77. The average molecular weight is 505 g/mol. The molecule has 0 saturated heterocycles. The molecule has 196 valence electrons. The smallest absolute Gasteiger partial charge is 0.271 e. The standard InChI is InChI=1S/C27H36N8O2/c1-6-33-21(27(36)35(18-7-8-18)19-9-10-19)14-20-24-23(28-15-32(24)5)25(30-26(20)33)29-22-13-17(4)34(31-22)11-12-37-16(2)3/h13-16,18-19H,6-12H2,1-5H3,(H,29,30,31). The number of nitrogens with one attached hydrogen (secondary N) is 1. The number of carbonyl (C=O) groups excluding carboxylic acids is 1. The molecule has 0 bridgehead atoms. The Labute approximate surface area is 216 Å². The van der Waals surface area contributed by atoms with Gasteiger partial charge in [-0.15, -0.1) is 0 Å². The molecule has 0 atom stereocenters. The molecular formula is C27H36N8O2. The largest absolute Gasteiger partial charge is 0.377 e. The van der Waals surface area contributed by atoms with Gasteiger partial charge in [0.05, 0.1) is 31.1 Å². The first-order chi connectivity index (χ1) is 17.9. The van der Waals surface area contributed by atoms with E-state index in [9.17, 15) is 4.79 Å². The van der Waals surface area contributed by atoms with Crippen LogP contribution >= 0.6 is 0 Å². The molecule has 37 heavy (non-hydrogen) atoms. The number of aromatic nitrogens is 6. The highest BCUT2D eigenvalue weighted by Crippen LogP contribution is 2.39. The van der Waals surface area contributed by atoms with E-state index in [0.29, 0.717) is 49.1 Å². The summed E-state index contributed by atoms with van der Waals surface area (Å²) < 4.78 is 11.7. The third-order valence-corrected chi connectivity index (χ3v) is 7.33. The van der Waals surface area contributed by atoms with Crippen LogP contribution in [0, 0.1) is 6.92 Å². The summed E-state index contributed by atoms with van der Waals surface area (Å²) in [6.07, 6.45) is 6.44. The Hall–Kier alpha value is -3.40. The predicted octanol–water partition coefficient (Wildman–Crippen LogP) is 4.38. The highest BCUT2D eigenvalue weighted by Gasteiger charge is 2.43. The second kappa shape index (κ2) is 9.16. The number of carbonyl (C=O) groups is 1. The van der Waals surface area contributed by atoms with E-state index in [2.05, 4.69) is 26.7 Å². The predicted molar refractivity (Wildman–Crippen MR) is 143 cm³/mol. The molecule has 10 heteroatoms. The van der Waals surface area contributed by atoms with Gasteiger partial charge in [0.2, 0.25) is 0 Å². The number of imidazole rings is 1. The molecule has 2 aliphatic rings. The molecule has 0 unspecified atom stereocenters. The Bertz CT molecular complexity index is 1460. The number of amides is 1. The van der Waals surface area contributed by atoms with Crippen LogP contribution in [-0.2, 0) is 24.9 Å². The van der Waals surface area contributed by atoms with Gasteiger partial charge < -0.3 is 24.1 Å². The maximum atomic E-state index is 13.8. The summed E-state index contributed by atoms with van der Waals surface area (Å²) in [5.41, 5.74) is 4.27. The minimum absolute atomic E-state index is 0.132. The summed E-state index contributed by atoms with van der Waals surface area (Å²) in [7, 11) is 1.98. The summed E-state index contributed by atoms with van der Waals surface area (Å²) in [6, 6.07) is 4.82. The summed E-state index contributed by atoms with van der Waals surface area (Å²) in [5, 5.41) is 9.09. The Morgan fingerprint density at radius 2 is 1.95 bits per heavy atom. The Morgan fingerprint density at radius 3 is 2.59 bits per heavy atom. The van der Waals surface area contributed by atoms with Crippen molar-refractivity contribution in [2.75, 3.05) is 11.9 Å². The van der Waals surface area contributed by atoms with Crippen molar-refractivity contribution in [3.63, 3.8) is 0 Å². The van der Waals surface area contributed by atoms with Gasteiger partial charge in [0.15, 0.2) is 11.6 Å².